The number of hydrogen-bond acceptors (Lipinski definition) is 8. The molecule has 0 atom stereocenters. The second-order valence-corrected chi connectivity index (χ2v) is 4.06. The molecule has 1 heterocycles. The summed E-state index contributed by atoms with van der Waals surface area (Å²) < 4.78 is 5.19. The van der Waals surface area contributed by atoms with Gasteiger partial charge in [-0.1, -0.05) is 12.1 Å². The number of methoxy groups -OCH3 is 1. The smallest absolute Gasteiger partial charge is 0.332 e. The molecule has 0 saturated carbocycles. The summed E-state index contributed by atoms with van der Waals surface area (Å²) in [5.74, 6) is 5.91. The van der Waals surface area contributed by atoms with E-state index in [1.165, 1.54) is 14.0 Å². The molecule has 0 saturated heterocycles. The van der Waals surface area contributed by atoms with Crippen molar-refractivity contribution in [3.05, 3.63) is 40.1 Å². The molecule has 4 N–H and O–H groups in total. The Kier molecular flexibility index (Phi) is 4.14. The average molecular weight is 290 g/mol. The monoisotopic (exact) mass is 290 g/mol. The van der Waals surface area contributed by atoms with Gasteiger partial charge in [0.2, 0.25) is 11.8 Å². The van der Waals surface area contributed by atoms with Crippen LogP contribution < -0.4 is 21.3 Å². The van der Waals surface area contributed by atoms with E-state index < -0.39 is 4.92 Å². The molecule has 0 unspecified atom stereocenters. The van der Waals surface area contributed by atoms with Crippen molar-refractivity contribution in [1.29, 1.82) is 0 Å². The van der Waals surface area contributed by atoms with Crippen LogP contribution in [0.1, 0.15) is 5.69 Å². The van der Waals surface area contributed by atoms with Crippen LogP contribution in [0.5, 0.6) is 5.75 Å². The van der Waals surface area contributed by atoms with Gasteiger partial charge < -0.3 is 10.1 Å². The number of hydrogen-bond donors (Lipinski definition) is 3. The minimum absolute atomic E-state index is 0.0324. The molecular formula is C12H14N6O3. The lowest BCUT2D eigenvalue weighted by atomic mass is 10.2. The normalized spacial score (nSPS) is 10.0. The van der Waals surface area contributed by atoms with Crippen LogP contribution in [-0.2, 0) is 0 Å². The zero-order chi connectivity index (χ0) is 15.4. The van der Waals surface area contributed by atoms with E-state index in [0.717, 1.165) is 0 Å². The van der Waals surface area contributed by atoms with Crippen molar-refractivity contribution >= 4 is 23.1 Å². The number of nitrogens with one attached hydrogen (secondary N) is 2. The fourth-order valence-corrected chi connectivity index (χ4v) is 1.81. The number of benzene rings is 1. The first-order valence-electron chi connectivity index (χ1n) is 5.96. The van der Waals surface area contributed by atoms with Crippen molar-refractivity contribution in [3.63, 3.8) is 0 Å². The Morgan fingerprint density at radius 3 is 2.67 bits per heavy atom. The maximum Gasteiger partial charge on any atom is 0.332 e. The van der Waals surface area contributed by atoms with Crippen molar-refractivity contribution in [2.45, 2.75) is 6.92 Å². The minimum Gasteiger partial charge on any atom is -0.495 e. The van der Waals surface area contributed by atoms with Gasteiger partial charge in [0.05, 0.1) is 17.7 Å². The number of nitrogen functional groups attached to an aromatic ring is 1. The van der Waals surface area contributed by atoms with Crippen LogP contribution in [0.15, 0.2) is 24.3 Å². The number of rotatable bonds is 5. The molecule has 2 rings (SSSR count). The predicted octanol–water partition coefficient (Wildman–Crippen LogP) is 1.73. The van der Waals surface area contributed by atoms with E-state index in [9.17, 15) is 10.1 Å². The molecule has 0 radical (unpaired) electrons. The van der Waals surface area contributed by atoms with Crippen molar-refractivity contribution < 1.29 is 9.66 Å². The van der Waals surface area contributed by atoms with Crippen LogP contribution in [0.25, 0.3) is 0 Å². The fraction of sp³-hybridized carbons (Fsp3) is 0.167. The van der Waals surface area contributed by atoms with Crippen molar-refractivity contribution in [2.24, 2.45) is 5.84 Å². The van der Waals surface area contributed by atoms with Gasteiger partial charge in [-0.3, -0.25) is 15.5 Å². The fourth-order valence-electron chi connectivity index (χ4n) is 1.81. The van der Waals surface area contributed by atoms with Gasteiger partial charge in [-0.05, 0) is 19.1 Å². The molecule has 0 aliphatic heterocycles. The first-order valence-corrected chi connectivity index (χ1v) is 5.96. The van der Waals surface area contributed by atoms with E-state index >= 15 is 0 Å². The second kappa shape index (κ2) is 6.01. The number of para-hydroxylation sites is 2. The Balaban J connectivity index is 2.52. The lowest BCUT2D eigenvalue weighted by molar-refractivity contribution is -0.385. The van der Waals surface area contributed by atoms with Crippen LogP contribution in [0, 0.1) is 17.0 Å². The van der Waals surface area contributed by atoms with E-state index in [2.05, 4.69) is 20.7 Å². The predicted molar refractivity (Wildman–Crippen MR) is 77.5 cm³/mol. The highest BCUT2D eigenvalue weighted by Gasteiger charge is 2.22. The van der Waals surface area contributed by atoms with E-state index in [1.807, 2.05) is 0 Å². The summed E-state index contributed by atoms with van der Waals surface area (Å²) in [5, 5.41) is 14.1. The lowest BCUT2D eigenvalue weighted by Gasteiger charge is -2.12. The van der Waals surface area contributed by atoms with Crippen LogP contribution in [-0.4, -0.2) is 22.0 Å². The number of nitrogens with zero attached hydrogens (tertiary/aromatic N) is 3. The standard InChI is InChI=1S/C12H14N6O3/c1-7-10(18(19)20)11(16-12(14-7)17-13)15-8-5-3-4-6-9(8)21-2/h3-6H,13H2,1-2H3,(H2,14,15,16,17). The molecule has 0 amide bonds. The molecule has 0 fully saturated rings. The van der Waals surface area contributed by atoms with Crippen molar-refractivity contribution in [3.8, 4) is 5.75 Å². The molecule has 0 bridgehead atoms. The SMILES string of the molecule is COc1ccccc1Nc1nc(NN)nc(C)c1[N+](=O)[O-]. The second-order valence-electron chi connectivity index (χ2n) is 4.06. The molecule has 9 nitrogen and oxygen atoms in total. The minimum atomic E-state index is -0.548. The molecule has 9 heteroatoms. The number of nitro groups is 1. The summed E-state index contributed by atoms with van der Waals surface area (Å²) in [4.78, 5) is 18.5. The van der Waals surface area contributed by atoms with Crippen molar-refractivity contribution in [1.82, 2.24) is 9.97 Å². The summed E-state index contributed by atoms with van der Waals surface area (Å²) in [6.45, 7) is 1.51. The molecule has 0 spiro atoms. The largest absolute Gasteiger partial charge is 0.495 e. The molecule has 1 aromatic heterocycles. The van der Waals surface area contributed by atoms with E-state index in [4.69, 9.17) is 10.6 Å². The van der Waals surface area contributed by atoms with Gasteiger partial charge in [-0.15, -0.1) is 0 Å². The number of anilines is 3. The molecule has 110 valence electrons. The highest BCUT2D eigenvalue weighted by atomic mass is 16.6. The van der Waals surface area contributed by atoms with Gasteiger partial charge in [-0.2, -0.15) is 4.98 Å². The molecule has 0 aliphatic carbocycles. The maximum atomic E-state index is 11.2. The van der Waals surface area contributed by atoms with E-state index in [0.29, 0.717) is 11.4 Å². The number of hydrazine groups is 1. The molecule has 21 heavy (non-hydrogen) atoms. The third-order valence-corrected chi connectivity index (χ3v) is 2.73. The van der Waals surface area contributed by atoms with Gasteiger partial charge in [-0.25, -0.2) is 10.8 Å². The zero-order valence-corrected chi connectivity index (χ0v) is 11.5. The van der Waals surface area contributed by atoms with Gasteiger partial charge in [0.25, 0.3) is 0 Å². The zero-order valence-electron chi connectivity index (χ0n) is 11.5. The maximum absolute atomic E-state index is 11.2. The highest BCUT2D eigenvalue weighted by molar-refractivity contribution is 5.71. The van der Waals surface area contributed by atoms with Gasteiger partial charge in [0.1, 0.15) is 11.4 Å². The number of nitrogens with two attached hydrogens (primary N) is 1. The number of ether oxygens (including phenoxy) is 1. The summed E-state index contributed by atoms with van der Waals surface area (Å²) in [6.07, 6.45) is 0. The van der Waals surface area contributed by atoms with E-state index in [-0.39, 0.29) is 23.1 Å². The van der Waals surface area contributed by atoms with Crippen LogP contribution in [0.3, 0.4) is 0 Å². The summed E-state index contributed by atoms with van der Waals surface area (Å²) in [7, 11) is 1.51. The Morgan fingerprint density at radius 2 is 2.05 bits per heavy atom. The molecule has 0 aliphatic rings. The number of aromatic nitrogens is 2. The molecule has 1 aromatic carbocycles. The quantitative estimate of drug-likeness (QED) is 0.431. The molecular weight excluding hydrogens is 276 g/mol. The average Bonchev–Trinajstić information content (AvgIpc) is 2.46. The highest BCUT2D eigenvalue weighted by Crippen LogP contribution is 2.32. The van der Waals surface area contributed by atoms with Gasteiger partial charge in [0.15, 0.2) is 0 Å². The first-order chi connectivity index (χ1) is 10.1. The molecule has 2 aromatic rings. The van der Waals surface area contributed by atoms with Crippen molar-refractivity contribution in [2.75, 3.05) is 17.9 Å². The Bertz CT molecular complexity index is 676. The lowest BCUT2D eigenvalue weighted by Crippen LogP contribution is -2.13. The van der Waals surface area contributed by atoms with Crippen LogP contribution >= 0.6 is 0 Å². The third-order valence-electron chi connectivity index (χ3n) is 2.73. The van der Waals surface area contributed by atoms with Gasteiger partial charge in [0, 0.05) is 0 Å². The topological polar surface area (TPSA) is 128 Å². The van der Waals surface area contributed by atoms with Gasteiger partial charge >= 0.3 is 5.69 Å². The number of aryl methyl sites for hydroxylation is 1. The van der Waals surface area contributed by atoms with Crippen LogP contribution in [0.2, 0.25) is 0 Å². The Hall–Kier alpha value is -2.94. The first kappa shape index (κ1) is 14.5. The Labute approximate surface area is 120 Å². The summed E-state index contributed by atoms with van der Waals surface area (Å²) in [5.41, 5.74) is 2.79. The summed E-state index contributed by atoms with van der Waals surface area (Å²) in [6, 6.07) is 7.00. The van der Waals surface area contributed by atoms with E-state index in [1.54, 1.807) is 24.3 Å². The summed E-state index contributed by atoms with van der Waals surface area (Å²) >= 11 is 0. The third kappa shape index (κ3) is 2.98. The van der Waals surface area contributed by atoms with Crippen LogP contribution in [0.4, 0.5) is 23.1 Å². The Morgan fingerprint density at radius 1 is 1.33 bits per heavy atom.